The van der Waals surface area contributed by atoms with Crippen molar-refractivity contribution in [2.45, 2.75) is 9.79 Å². The maximum Gasteiger partial charge on any atom is 0.158 e. The molecule has 1 radical (unpaired) electrons. The van der Waals surface area contributed by atoms with Crippen molar-refractivity contribution in [3.8, 4) is 0 Å². The first-order valence-corrected chi connectivity index (χ1v) is 5.16. The average Bonchev–Trinajstić information content (AvgIpc) is 2.21. The van der Waals surface area contributed by atoms with Crippen LogP contribution in [0.4, 0.5) is 0 Å². The van der Waals surface area contributed by atoms with Crippen LogP contribution in [0.3, 0.4) is 0 Å². The third kappa shape index (κ3) is 5.31. The van der Waals surface area contributed by atoms with Crippen LogP contribution in [0.2, 0.25) is 0 Å². The topological polar surface area (TPSA) is 30.0 Å². The zero-order valence-corrected chi connectivity index (χ0v) is 12.7. The number of thiol groups is 1. The molecule has 2 aromatic rings. The Labute approximate surface area is 137 Å². The molecule has 0 aromatic heterocycles. The van der Waals surface area contributed by atoms with E-state index in [0.717, 1.165) is 0 Å². The van der Waals surface area contributed by atoms with Gasteiger partial charge < -0.3 is 5.48 Å². The maximum absolute atomic E-state index is 2.15. The zero-order valence-electron chi connectivity index (χ0n) is 8.67. The van der Waals surface area contributed by atoms with Gasteiger partial charge in [0.2, 0.25) is 0 Å². The second kappa shape index (κ2) is 8.53. The number of hydrogen-bond acceptors (Lipinski definition) is 1. The first-order chi connectivity index (χ1) is 6.45. The molecule has 3 heteroatoms. The average molecular weight is 243 g/mol. The molecule has 0 amide bonds. The summed E-state index contributed by atoms with van der Waals surface area (Å²) in [6, 6.07) is 21.0. The molecule has 0 fully saturated rings. The summed E-state index contributed by atoms with van der Waals surface area (Å²) in [6.45, 7) is 0. The van der Waals surface area contributed by atoms with Gasteiger partial charge in [0, 0.05) is 63.1 Å². The Morgan fingerprint density at radius 2 is 0.933 bits per heavy atom. The number of hydrogen-bond donors (Lipinski definition) is 0. The van der Waals surface area contributed by atoms with E-state index in [4.69, 9.17) is 0 Å². The number of benzene rings is 2. The summed E-state index contributed by atoms with van der Waals surface area (Å²) < 4.78 is 0. The molecule has 0 aliphatic heterocycles. The van der Waals surface area contributed by atoms with E-state index >= 15 is 0 Å². The zero-order chi connectivity index (χ0) is 8.93. The van der Waals surface area contributed by atoms with Crippen LogP contribution < -0.4 is 0 Å². The molecule has 0 aliphatic rings. The largest absolute Gasteiger partial charge is 0.870 e. The summed E-state index contributed by atoms with van der Waals surface area (Å²) in [6.07, 6.45) is 0. The molecular formula is C12H12KOS. The van der Waals surface area contributed by atoms with E-state index in [-0.39, 0.29) is 56.9 Å². The van der Waals surface area contributed by atoms with Crippen LogP contribution in [-0.2, 0) is 11.8 Å². The molecule has 0 spiro atoms. The minimum absolute atomic E-state index is 0. The van der Waals surface area contributed by atoms with Crippen LogP contribution >= 0.6 is 0 Å². The molecule has 2 rings (SSSR count). The Hall–Kier alpha value is 0.386. The molecule has 0 bridgehead atoms. The predicted octanol–water partition coefficient (Wildman–Crippen LogP) is 2.36. The first-order valence-electron chi connectivity index (χ1n) is 4.27. The van der Waals surface area contributed by atoms with Crippen LogP contribution in [0.25, 0.3) is 0 Å². The Kier molecular flexibility index (Phi) is 8.75. The van der Waals surface area contributed by atoms with Gasteiger partial charge in [0.15, 0.2) is 9.79 Å². The van der Waals surface area contributed by atoms with E-state index in [1.54, 1.807) is 0 Å². The molecule has 0 heterocycles. The molecule has 2 aromatic carbocycles. The first kappa shape index (κ1) is 15.4. The summed E-state index contributed by atoms with van der Waals surface area (Å²) in [7, 11) is 0. The van der Waals surface area contributed by atoms with Gasteiger partial charge in [0.25, 0.3) is 0 Å². The Bertz CT molecular complexity index is 326. The Balaban J connectivity index is 0.000000980. The molecule has 15 heavy (non-hydrogen) atoms. The van der Waals surface area contributed by atoms with Gasteiger partial charge in [-0.05, 0) is 24.3 Å². The second-order valence-corrected chi connectivity index (χ2v) is 4.04. The molecule has 0 saturated heterocycles. The van der Waals surface area contributed by atoms with Crippen LogP contribution in [0.15, 0.2) is 70.5 Å². The van der Waals surface area contributed by atoms with E-state index in [1.165, 1.54) is 21.6 Å². The molecule has 1 N–H and O–H groups in total. The van der Waals surface area contributed by atoms with Crippen molar-refractivity contribution >= 4 is 63.1 Å². The van der Waals surface area contributed by atoms with Crippen molar-refractivity contribution in [2.75, 3.05) is 0 Å². The summed E-state index contributed by atoms with van der Waals surface area (Å²) in [5.74, 6) is 0. The summed E-state index contributed by atoms with van der Waals surface area (Å²) >= 11 is 1.28. The van der Waals surface area contributed by atoms with Gasteiger partial charge in [0.05, 0.1) is 0 Å². The van der Waals surface area contributed by atoms with Crippen molar-refractivity contribution < 1.29 is 5.48 Å². The van der Waals surface area contributed by atoms with Crippen LogP contribution in [0.1, 0.15) is 0 Å². The van der Waals surface area contributed by atoms with Gasteiger partial charge in [-0.15, -0.1) is 0 Å². The third-order valence-electron chi connectivity index (χ3n) is 1.77. The van der Waals surface area contributed by atoms with Gasteiger partial charge in [-0.3, -0.25) is 0 Å². The fourth-order valence-corrected chi connectivity index (χ4v) is 2.09. The number of rotatable bonds is 2. The van der Waals surface area contributed by atoms with E-state index in [9.17, 15) is 0 Å². The van der Waals surface area contributed by atoms with E-state index < -0.39 is 0 Å². The molecule has 1 nitrogen and oxygen atoms in total. The minimum atomic E-state index is 0. The standard InChI is InChI=1S/C12H10S.K.H2O/c1-3-7-11(8-4-1)13-12-9-5-2-6-10-12;;/h1-10H;;1H2. The molecule has 0 saturated carbocycles. The molecule has 0 atom stereocenters. The molecule has 73 valence electrons. The molecular weight excluding hydrogens is 231 g/mol. The summed E-state index contributed by atoms with van der Waals surface area (Å²) in [5, 5.41) is 0. The normalized spacial score (nSPS) is 8.53. The van der Waals surface area contributed by atoms with Crippen LogP contribution in [0.5, 0.6) is 0 Å². The summed E-state index contributed by atoms with van der Waals surface area (Å²) in [5.41, 5.74) is 0. The monoisotopic (exact) mass is 243 g/mol. The van der Waals surface area contributed by atoms with Crippen LogP contribution in [0, 0.1) is 0 Å². The van der Waals surface area contributed by atoms with Crippen molar-refractivity contribution in [1.29, 1.82) is 0 Å². The van der Waals surface area contributed by atoms with Gasteiger partial charge >= 0.3 is 0 Å². The minimum Gasteiger partial charge on any atom is -0.870 e. The quantitative estimate of drug-likeness (QED) is 0.452. The fourth-order valence-electron chi connectivity index (χ4n) is 1.15. The Morgan fingerprint density at radius 1 is 0.600 bits per heavy atom. The van der Waals surface area contributed by atoms with E-state index in [1.807, 2.05) is 12.1 Å². The van der Waals surface area contributed by atoms with Gasteiger partial charge in [0.1, 0.15) is 0 Å². The molecule has 0 unspecified atom stereocenters. The van der Waals surface area contributed by atoms with Crippen molar-refractivity contribution in [3.05, 3.63) is 60.7 Å². The predicted molar refractivity (Wildman–Crippen MR) is 65.9 cm³/mol. The van der Waals surface area contributed by atoms with Gasteiger partial charge in [-0.1, -0.05) is 36.4 Å². The molecule has 0 aliphatic carbocycles. The van der Waals surface area contributed by atoms with Crippen molar-refractivity contribution in [3.63, 3.8) is 0 Å². The summed E-state index contributed by atoms with van der Waals surface area (Å²) in [4.78, 5) is 2.68. The van der Waals surface area contributed by atoms with Gasteiger partial charge in [-0.25, -0.2) is 0 Å². The van der Waals surface area contributed by atoms with Crippen LogP contribution in [-0.4, -0.2) is 56.9 Å². The van der Waals surface area contributed by atoms with E-state index in [0.29, 0.717) is 0 Å². The Morgan fingerprint density at radius 3 is 1.27 bits per heavy atom. The van der Waals surface area contributed by atoms with E-state index in [2.05, 4.69) is 48.5 Å². The van der Waals surface area contributed by atoms with Gasteiger partial charge in [-0.2, -0.15) is 0 Å². The SMILES string of the molecule is [K].[OH-].c1ccc([SH+]c2ccccc2)cc1. The van der Waals surface area contributed by atoms with Crippen molar-refractivity contribution in [2.24, 2.45) is 0 Å². The smallest absolute Gasteiger partial charge is 0.158 e. The second-order valence-electron chi connectivity index (χ2n) is 2.78. The maximum atomic E-state index is 2.15. The fraction of sp³-hybridized carbons (Fsp3) is 0. The van der Waals surface area contributed by atoms with Crippen molar-refractivity contribution in [1.82, 2.24) is 0 Å². The third-order valence-corrected chi connectivity index (χ3v) is 2.88.